The van der Waals surface area contributed by atoms with E-state index >= 15 is 0 Å². The monoisotopic (exact) mass is 317 g/mol. The van der Waals surface area contributed by atoms with Gasteiger partial charge >= 0.3 is 6.18 Å². The van der Waals surface area contributed by atoms with Gasteiger partial charge in [-0.15, -0.1) is 0 Å². The summed E-state index contributed by atoms with van der Waals surface area (Å²) in [6, 6.07) is 1.05. The van der Waals surface area contributed by atoms with E-state index in [2.05, 4.69) is 5.32 Å². The van der Waals surface area contributed by atoms with Crippen molar-refractivity contribution in [3.8, 4) is 0 Å². The number of benzene rings is 1. The Bertz CT molecular complexity index is 448. The molecule has 0 saturated carbocycles. The van der Waals surface area contributed by atoms with Gasteiger partial charge in [0.25, 0.3) is 0 Å². The Balaban J connectivity index is 2.78. The maximum atomic E-state index is 13.3. The molecule has 108 valence electrons. The van der Waals surface area contributed by atoms with Crippen molar-refractivity contribution in [2.45, 2.75) is 38.5 Å². The molecule has 1 N–H and O–H groups in total. The van der Waals surface area contributed by atoms with E-state index < -0.39 is 30.5 Å². The first kappa shape index (κ1) is 16.5. The second kappa shape index (κ2) is 6.29. The molecule has 2 unspecified atom stereocenters. The van der Waals surface area contributed by atoms with Gasteiger partial charge in [0.15, 0.2) is 0 Å². The molecule has 2 atom stereocenters. The van der Waals surface area contributed by atoms with Gasteiger partial charge in [0.1, 0.15) is 5.82 Å². The fourth-order valence-corrected chi connectivity index (χ4v) is 2.34. The Morgan fingerprint density at radius 1 is 1.16 bits per heavy atom. The van der Waals surface area contributed by atoms with Crippen molar-refractivity contribution in [1.29, 1.82) is 0 Å². The van der Waals surface area contributed by atoms with Crippen molar-refractivity contribution in [3.63, 3.8) is 0 Å². The summed E-state index contributed by atoms with van der Waals surface area (Å²) in [5, 5.41) is 2.82. The van der Waals surface area contributed by atoms with Crippen LogP contribution in [0.3, 0.4) is 0 Å². The molecule has 0 aliphatic rings. The van der Waals surface area contributed by atoms with Crippen LogP contribution in [0.5, 0.6) is 0 Å². The first-order valence-corrected chi connectivity index (χ1v) is 6.33. The number of rotatable bonds is 4. The van der Waals surface area contributed by atoms with E-state index in [4.69, 9.17) is 23.2 Å². The van der Waals surface area contributed by atoms with Crippen LogP contribution in [0.4, 0.5) is 17.6 Å². The molecule has 0 aliphatic carbocycles. The summed E-state index contributed by atoms with van der Waals surface area (Å²) in [6.45, 7) is 3.02. The third-order valence-electron chi connectivity index (χ3n) is 2.58. The molecule has 0 spiro atoms. The van der Waals surface area contributed by atoms with Gasteiger partial charge in [0, 0.05) is 17.1 Å². The van der Waals surface area contributed by atoms with Crippen molar-refractivity contribution in [3.05, 3.63) is 33.6 Å². The lowest BCUT2D eigenvalue weighted by molar-refractivity contribution is -0.139. The molecule has 7 heteroatoms. The van der Waals surface area contributed by atoms with Crippen LogP contribution < -0.4 is 5.32 Å². The van der Waals surface area contributed by atoms with Crippen molar-refractivity contribution in [2.24, 2.45) is 0 Å². The van der Waals surface area contributed by atoms with Gasteiger partial charge in [-0.1, -0.05) is 23.2 Å². The summed E-state index contributed by atoms with van der Waals surface area (Å²) in [7, 11) is 0. The number of alkyl halides is 3. The second-order valence-electron chi connectivity index (χ2n) is 4.40. The first-order valence-electron chi connectivity index (χ1n) is 5.57. The lowest BCUT2D eigenvalue weighted by Crippen LogP contribution is -2.33. The lowest BCUT2D eigenvalue weighted by atomic mass is 10.1. The zero-order valence-corrected chi connectivity index (χ0v) is 11.8. The van der Waals surface area contributed by atoms with Crippen molar-refractivity contribution in [2.75, 3.05) is 0 Å². The predicted molar refractivity (Wildman–Crippen MR) is 68.1 cm³/mol. The van der Waals surface area contributed by atoms with Crippen molar-refractivity contribution in [1.82, 2.24) is 5.32 Å². The van der Waals surface area contributed by atoms with E-state index in [-0.39, 0.29) is 10.0 Å². The fraction of sp³-hybridized carbons (Fsp3) is 0.500. The second-order valence-corrected chi connectivity index (χ2v) is 5.21. The lowest BCUT2D eigenvalue weighted by Gasteiger charge is -2.22. The molecule has 0 fully saturated rings. The normalized spacial score (nSPS) is 15.4. The molecule has 19 heavy (non-hydrogen) atoms. The van der Waals surface area contributed by atoms with E-state index in [0.717, 1.165) is 6.07 Å². The number of hydrogen-bond acceptors (Lipinski definition) is 1. The summed E-state index contributed by atoms with van der Waals surface area (Å²) in [4.78, 5) is 0. The van der Waals surface area contributed by atoms with Gasteiger partial charge < -0.3 is 5.32 Å². The maximum Gasteiger partial charge on any atom is 0.390 e. The molecule has 0 heterocycles. The number of halogens is 6. The van der Waals surface area contributed by atoms with Crippen LogP contribution in [0.2, 0.25) is 10.0 Å². The van der Waals surface area contributed by atoms with E-state index in [1.807, 2.05) is 0 Å². The summed E-state index contributed by atoms with van der Waals surface area (Å²) in [5.41, 5.74) is 0.373. The van der Waals surface area contributed by atoms with E-state index in [0.29, 0.717) is 5.56 Å². The minimum Gasteiger partial charge on any atom is -0.307 e. The third kappa shape index (κ3) is 5.16. The highest BCUT2D eigenvalue weighted by Gasteiger charge is 2.30. The highest BCUT2D eigenvalue weighted by atomic mass is 35.5. The maximum absolute atomic E-state index is 13.3. The minimum absolute atomic E-state index is 0.121. The van der Waals surface area contributed by atoms with Crippen molar-refractivity contribution < 1.29 is 17.6 Å². The predicted octanol–water partition coefficient (Wildman–Crippen LogP) is 5.12. The molecule has 0 radical (unpaired) electrons. The van der Waals surface area contributed by atoms with Crippen LogP contribution in [-0.4, -0.2) is 12.2 Å². The minimum atomic E-state index is -4.25. The summed E-state index contributed by atoms with van der Waals surface area (Å²) >= 11 is 11.5. The quantitative estimate of drug-likeness (QED) is 0.600. The Morgan fingerprint density at radius 2 is 1.74 bits per heavy atom. The van der Waals surface area contributed by atoms with E-state index in [9.17, 15) is 17.6 Å². The Hall–Kier alpha value is -0.520. The van der Waals surface area contributed by atoms with Crippen LogP contribution in [0.25, 0.3) is 0 Å². The molecule has 1 nitrogen and oxygen atoms in total. The molecule has 1 aromatic carbocycles. The van der Waals surface area contributed by atoms with Gasteiger partial charge in [-0.05, 0) is 31.5 Å². The van der Waals surface area contributed by atoms with Crippen LogP contribution in [0.15, 0.2) is 12.1 Å². The molecule has 0 aromatic heterocycles. The number of hydrogen-bond donors (Lipinski definition) is 1. The van der Waals surface area contributed by atoms with Gasteiger partial charge in [-0.3, -0.25) is 0 Å². The fourth-order valence-electron chi connectivity index (χ4n) is 1.79. The molecule has 1 rings (SSSR count). The van der Waals surface area contributed by atoms with Gasteiger partial charge in [-0.2, -0.15) is 13.2 Å². The zero-order valence-electron chi connectivity index (χ0n) is 10.3. The highest BCUT2D eigenvalue weighted by Crippen LogP contribution is 2.29. The molecular formula is C12H13Cl2F4N. The van der Waals surface area contributed by atoms with Crippen molar-refractivity contribution >= 4 is 23.2 Å². The molecule has 0 bridgehead atoms. The Morgan fingerprint density at radius 3 is 2.26 bits per heavy atom. The Kier molecular flexibility index (Phi) is 5.47. The summed E-state index contributed by atoms with van der Waals surface area (Å²) in [5.74, 6) is -0.654. The van der Waals surface area contributed by atoms with Crippen LogP contribution >= 0.6 is 23.2 Å². The van der Waals surface area contributed by atoms with Gasteiger partial charge in [0.2, 0.25) is 0 Å². The molecule has 0 saturated heterocycles. The third-order valence-corrected chi connectivity index (χ3v) is 3.20. The Labute approximate surface area is 118 Å². The average molecular weight is 318 g/mol. The first-order chi connectivity index (χ1) is 8.60. The smallest absolute Gasteiger partial charge is 0.307 e. The number of nitrogens with one attached hydrogen (secondary N) is 1. The molecule has 0 amide bonds. The van der Waals surface area contributed by atoms with E-state index in [1.54, 1.807) is 6.92 Å². The highest BCUT2D eigenvalue weighted by molar-refractivity contribution is 6.35. The largest absolute Gasteiger partial charge is 0.390 e. The topological polar surface area (TPSA) is 12.0 Å². The van der Waals surface area contributed by atoms with Crippen LogP contribution in [-0.2, 0) is 0 Å². The van der Waals surface area contributed by atoms with Crippen LogP contribution in [0, 0.1) is 5.82 Å². The van der Waals surface area contributed by atoms with Gasteiger partial charge in [-0.25, -0.2) is 4.39 Å². The standard InChI is InChI=1S/C12H13Cl2F4N/c1-6(5-12(16,17)18)19-7(2)8-3-11(15)10(14)4-9(8)13/h3-4,6-7,19H,5H2,1-2H3. The molecular weight excluding hydrogens is 305 g/mol. The summed E-state index contributed by atoms with van der Waals surface area (Å²) in [6.07, 6.45) is -5.22. The molecule has 1 aromatic rings. The SMILES string of the molecule is CC(CC(F)(F)F)NC(C)c1cc(F)c(Cl)cc1Cl. The average Bonchev–Trinajstić information content (AvgIpc) is 2.20. The van der Waals surface area contributed by atoms with Gasteiger partial charge in [0.05, 0.1) is 11.4 Å². The van der Waals surface area contributed by atoms with E-state index in [1.165, 1.54) is 13.0 Å². The van der Waals surface area contributed by atoms with Crippen LogP contribution in [0.1, 0.15) is 31.9 Å². The zero-order chi connectivity index (χ0) is 14.8. The summed E-state index contributed by atoms with van der Waals surface area (Å²) < 4.78 is 50.0. The molecule has 0 aliphatic heterocycles.